The first-order valence-corrected chi connectivity index (χ1v) is 4.19. The zero-order valence-electron chi connectivity index (χ0n) is 7.86. The molecule has 0 amide bonds. The molecule has 0 saturated heterocycles. The molecule has 1 aromatic carbocycles. The van der Waals surface area contributed by atoms with Crippen LogP contribution in [0.4, 0.5) is 11.4 Å². The molecule has 80 valence electrons. The molecule has 0 radical (unpaired) electrons. The molecule has 0 saturated carbocycles. The molecule has 6 N–H and O–H groups in total. The monoisotopic (exact) mass is 217 g/mol. The quantitative estimate of drug-likeness (QED) is 0.433. The van der Waals surface area contributed by atoms with Gasteiger partial charge in [-0.25, -0.2) is 0 Å². The number of halogens is 1. The molecule has 1 rings (SSSR count). The third-order valence-electron chi connectivity index (χ3n) is 1.77. The van der Waals surface area contributed by atoms with Crippen LogP contribution < -0.4 is 16.8 Å². The first kappa shape index (κ1) is 13.0. The largest absolute Gasteiger partial charge is 0.399 e. The van der Waals surface area contributed by atoms with E-state index in [0.29, 0.717) is 18.8 Å². The smallest absolute Gasteiger partial charge is 0.0556 e. The maximum Gasteiger partial charge on any atom is 0.0556 e. The molecule has 1 aromatic rings. The zero-order chi connectivity index (χ0) is 9.68. The summed E-state index contributed by atoms with van der Waals surface area (Å²) in [6.45, 7) is 1.33. The summed E-state index contributed by atoms with van der Waals surface area (Å²) in [5.41, 5.74) is 13.7. The first-order chi connectivity index (χ1) is 6.24. The van der Waals surface area contributed by atoms with Crippen molar-refractivity contribution in [3.8, 4) is 0 Å². The molecule has 0 aliphatic carbocycles. The van der Waals surface area contributed by atoms with Gasteiger partial charge in [0.05, 0.1) is 6.61 Å². The number of hydrogen-bond acceptors (Lipinski definition) is 4. The second-order valence-corrected chi connectivity index (χ2v) is 2.86. The van der Waals surface area contributed by atoms with E-state index < -0.39 is 0 Å². The number of aliphatic hydroxyl groups is 1. The predicted octanol–water partition coefficient (Wildman–Crippen LogP) is 0.355. The number of nitrogens with one attached hydrogen (secondary N) is 1. The van der Waals surface area contributed by atoms with Gasteiger partial charge in [0.2, 0.25) is 0 Å². The van der Waals surface area contributed by atoms with E-state index >= 15 is 0 Å². The van der Waals surface area contributed by atoms with E-state index in [1.54, 1.807) is 12.1 Å². The number of anilines is 2. The number of hydrogen-bond donors (Lipinski definition) is 4. The molecule has 14 heavy (non-hydrogen) atoms. The summed E-state index contributed by atoms with van der Waals surface area (Å²) < 4.78 is 0. The van der Waals surface area contributed by atoms with Crippen LogP contribution in [0.1, 0.15) is 5.56 Å². The lowest BCUT2D eigenvalue weighted by Crippen LogP contribution is -2.18. The van der Waals surface area contributed by atoms with Crippen LogP contribution in [0, 0.1) is 0 Å². The van der Waals surface area contributed by atoms with Crippen LogP contribution in [-0.2, 0) is 6.54 Å². The summed E-state index contributed by atoms with van der Waals surface area (Å²) in [6, 6.07) is 5.38. The summed E-state index contributed by atoms with van der Waals surface area (Å²) in [5, 5.41) is 11.6. The van der Waals surface area contributed by atoms with Gasteiger partial charge >= 0.3 is 0 Å². The molecule has 0 fully saturated rings. The number of nitrogens with two attached hydrogens (primary N) is 2. The average molecular weight is 218 g/mol. The molecule has 0 spiro atoms. The van der Waals surface area contributed by atoms with E-state index in [1.165, 1.54) is 0 Å². The molecule has 0 bridgehead atoms. The van der Waals surface area contributed by atoms with Crippen LogP contribution in [-0.4, -0.2) is 18.3 Å². The number of rotatable bonds is 4. The van der Waals surface area contributed by atoms with E-state index in [2.05, 4.69) is 5.32 Å². The SMILES string of the molecule is Cl.Nc1ccc(N)c(CNCCO)c1. The summed E-state index contributed by atoms with van der Waals surface area (Å²) in [4.78, 5) is 0. The summed E-state index contributed by atoms with van der Waals surface area (Å²) in [7, 11) is 0. The van der Waals surface area contributed by atoms with Crippen LogP contribution in [0.15, 0.2) is 18.2 Å². The minimum absolute atomic E-state index is 0. The van der Waals surface area contributed by atoms with Crippen molar-refractivity contribution in [3.63, 3.8) is 0 Å². The van der Waals surface area contributed by atoms with Crippen molar-refractivity contribution in [1.82, 2.24) is 5.32 Å². The van der Waals surface area contributed by atoms with Gasteiger partial charge < -0.3 is 21.9 Å². The molecule has 4 nitrogen and oxygen atoms in total. The van der Waals surface area contributed by atoms with Gasteiger partial charge in [-0.05, 0) is 23.8 Å². The van der Waals surface area contributed by atoms with Gasteiger partial charge in [-0.2, -0.15) is 0 Å². The van der Waals surface area contributed by atoms with E-state index in [-0.39, 0.29) is 19.0 Å². The Labute approximate surface area is 89.7 Å². The van der Waals surface area contributed by atoms with E-state index in [4.69, 9.17) is 16.6 Å². The van der Waals surface area contributed by atoms with Gasteiger partial charge in [-0.15, -0.1) is 12.4 Å². The molecule has 0 aliphatic heterocycles. The van der Waals surface area contributed by atoms with Crippen molar-refractivity contribution < 1.29 is 5.11 Å². The van der Waals surface area contributed by atoms with Crippen LogP contribution in [0.3, 0.4) is 0 Å². The lowest BCUT2D eigenvalue weighted by Gasteiger charge is -2.07. The number of nitrogen functional groups attached to an aromatic ring is 2. The van der Waals surface area contributed by atoms with Crippen molar-refractivity contribution in [2.75, 3.05) is 24.6 Å². The van der Waals surface area contributed by atoms with Crippen LogP contribution in [0.25, 0.3) is 0 Å². The first-order valence-electron chi connectivity index (χ1n) is 4.19. The molecule has 0 unspecified atom stereocenters. The van der Waals surface area contributed by atoms with E-state index in [9.17, 15) is 0 Å². The Morgan fingerprint density at radius 3 is 2.64 bits per heavy atom. The summed E-state index contributed by atoms with van der Waals surface area (Å²) in [6.07, 6.45) is 0. The Morgan fingerprint density at radius 2 is 2.00 bits per heavy atom. The van der Waals surface area contributed by atoms with Crippen LogP contribution in [0.5, 0.6) is 0 Å². The molecular weight excluding hydrogens is 202 g/mol. The molecule has 0 aromatic heterocycles. The molecule has 5 heteroatoms. The highest BCUT2D eigenvalue weighted by molar-refractivity contribution is 5.85. The van der Waals surface area contributed by atoms with E-state index in [1.807, 2.05) is 6.07 Å². The maximum atomic E-state index is 8.55. The standard InChI is InChI=1S/C9H15N3O.ClH/c10-8-1-2-9(11)7(5-8)6-12-3-4-13;/h1-2,5,12-13H,3-4,6,10-11H2;1H. The Balaban J connectivity index is 0.00000169. The van der Waals surface area contributed by atoms with Crippen molar-refractivity contribution in [3.05, 3.63) is 23.8 Å². The minimum atomic E-state index is 0. The minimum Gasteiger partial charge on any atom is -0.399 e. The normalized spacial score (nSPS) is 9.50. The molecule has 0 heterocycles. The topological polar surface area (TPSA) is 84.3 Å². The lowest BCUT2D eigenvalue weighted by molar-refractivity contribution is 0.292. The number of benzene rings is 1. The van der Waals surface area contributed by atoms with Gasteiger partial charge in [-0.1, -0.05) is 0 Å². The second kappa shape index (κ2) is 6.48. The van der Waals surface area contributed by atoms with Gasteiger partial charge in [-0.3, -0.25) is 0 Å². The third-order valence-corrected chi connectivity index (χ3v) is 1.77. The highest BCUT2D eigenvalue weighted by atomic mass is 35.5. The highest BCUT2D eigenvalue weighted by Crippen LogP contribution is 2.14. The molecular formula is C9H16ClN3O. The Kier molecular flexibility index (Phi) is 6.03. The molecule has 0 aliphatic rings. The fourth-order valence-corrected chi connectivity index (χ4v) is 1.08. The van der Waals surface area contributed by atoms with Crippen LogP contribution in [0.2, 0.25) is 0 Å². The summed E-state index contributed by atoms with van der Waals surface area (Å²) >= 11 is 0. The van der Waals surface area contributed by atoms with Crippen molar-refractivity contribution in [2.24, 2.45) is 0 Å². The van der Waals surface area contributed by atoms with Gasteiger partial charge in [0.15, 0.2) is 0 Å². The van der Waals surface area contributed by atoms with E-state index in [0.717, 1.165) is 11.3 Å². The van der Waals surface area contributed by atoms with Gasteiger partial charge in [0, 0.05) is 24.5 Å². The third kappa shape index (κ3) is 3.83. The van der Waals surface area contributed by atoms with Gasteiger partial charge in [0.1, 0.15) is 0 Å². The highest BCUT2D eigenvalue weighted by Gasteiger charge is 1.98. The fourth-order valence-electron chi connectivity index (χ4n) is 1.08. The number of aliphatic hydroxyl groups excluding tert-OH is 1. The Hall–Kier alpha value is -0.970. The second-order valence-electron chi connectivity index (χ2n) is 2.86. The van der Waals surface area contributed by atoms with Crippen molar-refractivity contribution >= 4 is 23.8 Å². The fraction of sp³-hybridized carbons (Fsp3) is 0.333. The Bertz CT molecular complexity index is 281. The molecule has 0 atom stereocenters. The van der Waals surface area contributed by atoms with Crippen LogP contribution >= 0.6 is 12.4 Å². The zero-order valence-corrected chi connectivity index (χ0v) is 8.68. The average Bonchev–Trinajstić information content (AvgIpc) is 2.11. The maximum absolute atomic E-state index is 8.55. The predicted molar refractivity (Wildman–Crippen MR) is 61.3 cm³/mol. The summed E-state index contributed by atoms with van der Waals surface area (Å²) in [5.74, 6) is 0. The lowest BCUT2D eigenvalue weighted by atomic mass is 10.1. The van der Waals surface area contributed by atoms with Crippen molar-refractivity contribution in [2.45, 2.75) is 6.54 Å². The Morgan fingerprint density at radius 1 is 1.29 bits per heavy atom. The van der Waals surface area contributed by atoms with Crippen molar-refractivity contribution in [1.29, 1.82) is 0 Å². The van der Waals surface area contributed by atoms with Gasteiger partial charge in [0.25, 0.3) is 0 Å².